The van der Waals surface area contributed by atoms with Crippen LogP contribution in [0, 0.1) is 0 Å². The molecule has 30 heavy (non-hydrogen) atoms. The molecule has 154 valence electrons. The molecule has 0 atom stereocenters. The number of Topliss-reactive ketones (excluding diaryl/α,β-unsaturated/α-hetero) is 1. The summed E-state index contributed by atoms with van der Waals surface area (Å²) in [5.74, 6) is 0.758. The quantitative estimate of drug-likeness (QED) is 0.306. The summed E-state index contributed by atoms with van der Waals surface area (Å²) in [6.45, 7) is 2.15. The number of thiophene rings is 1. The number of hydrogen-bond donors (Lipinski definition) is 2. The topological polar surface area (TPSA) is 94.3 Å². The Bertz CT molecular complexity index is 1080. The maximum Gasteiger partial charge on any atom is 0.244 e. The summed E-state index contributed by atoms with van der Waals surface area (Å²) in [4.78, 5) is 28.9. The van der Waals surface area contributed by atoms with E-state index in [1.54, 1.807) is 43.5 Å². The zero-order valence-electron chi connectivity index (χ0n) is 16.2. The van der Waals surface area contributed by atoms with Gasteiger partial charge in [-0.05, 0) is 66.6 Å². The standard InChI is InChI=1S/C22H20ClN3O3S/c1-14(27)19-6-7-20(30-19)16-4-5-18(17(23)12-16)29-11-10-25-22(28)9-3-15-2-8-21(24)26-13-15/h2-9,12-13H,10-11H2,1H3,(H2,24,26)(H,25,28). The van der Waals surface area contributed by atoms with Gasteiger partial charge in [-0.3, -0.25) is 9.59 Å². The van der Waals surface area contributed by atoms with Gasteiger partial charge in [0.15, 0.2) is 5.78 Å². The van der Waals surface area contributed by atoms with Crippen LogP contribution >= 0.6 is 22.9 Å². The second-order valence-electron chi connectivity index (χ2n) is 6.35. The van der Waals surface area contributed by atoms with E-state index in [4.69, 9.17) is 22.1 Å². The van der Waals surface area contributed by atoms with E-state index in [1.807, 2.05) is 18.2 Å². The monoisotopic (exact) mass is 441 g/mol. The Morgan fingerprint density at radius 3 is 2.73 bits per heavy atom. The number of halogens is 1. The lowest BCUT2D eigenvalue weighted by Gasteiger charge is -2.09. The Balaban J connectivity index is 1.48. The van der Waals surface area contributed by atoms with Gasteiger partial charge in [0.25, 0.3) is 0 Å². The molecule has 3 aromatic rings. The molecule has 8 heteroatoms. The van der Waals surface area contributed by atoms with Crippen molar-refractivity contribution in [3.8, 4) is 16.2 Å². The lowest BCUT2D eigenvalue weighted by molar-refractivity contribution is -0.116. The molecule has 0 saturated carbocycles. The minimum absolute atomic E-state index is 0.0410. The Morgan fingerprint density at radius 2 is 2.07 bits per heavy atom. The molecule has 0 bridgehead atoms. The van der Waals surface area contributed by atoms with Crippen LogP contribution in [0.3, 0.4) is 0 Å². The second-order valence-corrected chi connectivity index (χ2v) is 7.85. The number of ketones is 1. The average Bonchev–Trinajstić information content (AvgIpc) is 3.22. The smallest absolute Gasteiger partial charge is 0.244 e. The Kier molecular flexibility index (Phi) is 7.21. The average molecular weight is 442 g/mol. The number of benzene rings is 1. The van der Waals surface area contributed by atoms with Crippen LogP contribution in [0.1, 0.15) is 22.2 Å². The maximum atomic E-state index is 11.9. The van der Waals surface area contributed by atoms with Crippen molar-refractivity contribution in [3.63, 3.8) is 0 Å². The molecule has 3 rings (SSSR count). The molecule has 1 amide bonds. The van der Waals surface area contributed by atoms with Crippen molar-refractivity contribution in [2.24, 2.45) is 0 Å². The summed E-state index contributed by atoms with van der Waals surface area (Å²) in [7, 11) is 0. The number of anilines is 1. The van der Waals surface area contributed by atoms with E-state index < -0.39 is 0 Å². The van der Waals surface area contributed by atoms with E-state index in [0.717, 1.165) is 16.0 Å². The zero-order valence-corrected chi connectivity index (χ0v) is 17.8. The van der Waals surface area contributed by atoms with Crippen LogP contribution < -0.4 is 15.8 Å². The summed E-state index contributed by atoms with van der Waals surface area (Å²) in [6.07, 6.45) is 4.66. The number of pyridine rings is 1. The highest BCUT2D eigenvalue weighted by Crippen LogP contribution is 2.34. The molecular weight excluding hydrogens is 422 g/mol. The Hall–Kier alpha value is -3.16. The molecule has 0 spiro atoms. The lowest BCUT2D eigenvalue weighted by atomic mass is 10.2. The van der Waals surface area contributed by atoms with Gasteiger partial charge in [0.1, 0.15) is 18.2 Å². The predicted octanol–water partition coefficient (Wildman–Crippen LogP) is 4.46. The number of nitrogens with zero attached hydrogens (tertiary/aromatic N) is 1. The molecule has 2 heterocycles. The molecule has 1 aromatic carbocycles. The largest absolute Gasteiger partial charge is 0.490 e. The van der Waals surface area contributed by atoms with E-state index in [1.165, 1.54) is 17.4 Å². The third-order valence-electron chi connectivity index (χ3n) is 4.06. The number of ether oxygens (including phenoxy) is 1. The van der Waals surface area contributed by atoms with Crippen LogP contribution in [0.25, 0.3) is 16.5 Å². The van der Waals surface area contributed by atoms with Crippen molar-refractivity contribution < 1.29 is 14.3 Å². The highest BCUT2D eigenvalue weighted by molar-refractivity contribution is 7.17. The van der Waals surface area contributed by atoms with Gasteiger partial charge in [-0.25, -0.2) is 4.98 Å². The SMILES string of the molecule is CC(=O)c1ccc(-c2ccc(OCCNC(=O)C=Cc3ccc(N)nc3)c(Cl)c2)s1. The summed E-state index contributed by atoms with van der Waals surface area (Å²) in [6, 6.07) is 12.6. The van der Waals surface area contributed by atoms with Crippen molar-refractivity contribution in [2.75, 3.05) is 18.9 Å². The molecule has 0 radical (unpaired) electrons. The molecule has 0 aliphatic rings. The first-order valence-corrected chi connectivity index (χ1v) is 10.3. The molecule has 0 fully saturated rings. The van der Waals surface area contributed by atoms with Gasteiger partial charge in [-0.1, -0.05) is 11.6 Å². The van der Waals surface area contributed by atoms with Crippen molar-refractivity contribution in [1.82, 2.24) is 10.3 Å². The summed E-state index contributed by atoms with van der Waals surface area (Å²) < 4.78 is 5.65. The van der Waals surface area contributed by atoms with Gasteiger partial charge in [0.05, 0.1) is 16.4 Å². The van der Waals surface area contributed by atoms with Crippen LogP contribution in [0.2, 0.25) is 5.02 Å². The highest BCUT2D eigenvalue weighted by atomic mass is 35.5. The predicted molar refractivity (Wildman–Crippen MR) is 121 cm³/mol. The third-order valence-corrected chi connectivity index (χ3v) is 5.60. The number of carbonyl (C=O) groups is 2. The Labute approximate surface area is 183 Å². The highest BCUT2D eigenvalue weighted by Gasteiger charge is 2.09. The van der Waals surface area contributed by atoms with Gasteiger partial charge in [0, 0.05) is 17.2 Å². The number of nitrogen functional groups attached to an aromatic ring is 1. The number of hydrogen-bond acceptors (Lipinski definition) is 6. The molecule has 0 saturated heterocycles. The molecule has 2 aromatic heterocycles. The van der Waals surface area contributed by atoms with E-state index in [-0.39, 0.29) is 18.3 Å². The van der Waals surface area contributed by atoms with Gasteiger partial charge >= 0.3 is 0 Å². The number of rotatable bonds is 8. The van der Waals surface area contributed by atoms with E-state index >= 15 is 0 Å². The minimum Gasteiger partial charge on any atom is -0.490 e. The van der Waals surface area contributed by atoms with Crippen LogP contribution in [0.5, 0.6) is 5.75 Å². The molecule has 0 unspecified atom stereocenters. The summed E-state index contributed by atoms with van der Waals surface area (Å²) in [5, 5.41) is 3.20. The van der Waals surface area contributed by atoms with E-state index in [0.29, 0.717) is 28.0 Å². The first kappa shape index (κ1) is 21.5. The first-order chi connectivity index (χ1) is 14.4. The van der Waals surface area contributed by atoms with E-state index in [2.05, 4.69) is 10.3 Å². The van der Waals surface area contributed by atoms with Gasteiger partial charge in [-0.2, -0.15) is 0 Å². The lowest BCUT2D eigenvalue weighted by Crippen LogP contribution is -2.26. The van der Waals surface area contributed by atoms with Crippen LogP contribution in [0.15, 0.2) is 54.7 Å². The number of amides is 1. The normalized spacial score (nSPS) is 10.9. The van der Waals surface area contributed by atoms with Crippen LogP contribution in [-0.4, -0.2) is 29.8 Å². The summed E-state index contributed by atoms with van der Waals surface area (Å²) in [5.41, 5.74) is 7.22. The van der Waals surface area contributed by atoms with Gasteiger partial charge < -0.3 is 15.8 Å². The van der Waals surface area contributed by atoms with Crippen LogP contribution in [0.4, 0.5) is 5.82 Å². The molecule has 3 N–H and O–H groups in total. The fraction of sp³-hybridized carbons (Fsp3) is 0.136. The van der Waals surface area contributed by atoms with Crippen molar-refractivity contribution in [3.05, 3.63) is 70.2 Å². The zero-order chi connectivity index (χ0) is 21.5. The van der Waals surface area contributed by atoms with Crippen molar-refractivity contribution in [1.29, 1.82) is 0 Å². The van der Waals surface area contributed by atoms with Gasteiger partial charge in [-0.15, -0.1) is 11.3 Å². The molecule has 0 aliphatic heterocycles. The fourth-order valence-corrected chi connectivity index (χ4v) is 3.67. The second kappa shape index (κ2) is 10.0. The van der Waals surface area contributed by atoms with Crippen molar-refractivity contribution >= 4 is 46.5 Å². The fourth-order valence-electron chi connectivity index (χ4n) is 2.53. The number of nitrogens with one attached hydrogen (secondary N) is 1. The maximum absolute atomic E-state index is 11.9. The van der Waals surface area contributed by atoms with Gasteiger partial charge in [0.2, 0.25) is 5.91 Å². The molecule has 0 aliphatic carbocycles. The first-order valence-electron chi connectivity index (χ1n) is 9.13. The van der Waals surface area contributed by atoms with Crippen LogP contribution in [-0.2, 0) is 4.79 Å². The number of aromatic nitrogens is 1. The number of carbonyl (C=O) groups excluding carboxylic acids is 2. The summed E-state index contributed by atoms with van der Waals surface area (Å²) >= 11 is 7.74. The number of nitrogens with two attached hydrogens (primary N) is 1. The van der Waals surface area contributed by atoms with E-state index in [9.17, 15) is 9.59 Å². The molecule has 6 nitrogen and oxygen atoms in total. The van der Waals surface area contributed by atoms with Crippen molar-refractivity contribution in [2.45, 2.75) is 6.92 Å². The molecular formula is C22H20ClN3O3S. The third kappa shape index (κ3) is 5.92. The Morgan fingerprint density at radius 1 is 1.23 bits per heavy atom. The minimum atomic E-state index is -0.240.